The standard InChI is InChI=1S/C26H36ClN5O5/c1-24(2,3)37-23(33)30-11-7-26(8-12-30)9-13-31(26)14-17-18-19(36-25(4,5)35-18)22(34-17)32-10-6-16-20(27)28-15-29-21(16)32/h6,10,15,17-19,22H,7-9,11-14H2,1-5H3/t17-,18-,19-,22-/m1/s1. The van der Waals surface area contributed by atoms with Gasteiger partial charge in [-0.2, -0.15) is 0 Å². The van der Waals surface area contributed by atoms with E-state index < -0.39 is 11.4 Å². The van der Waals surface area contributed by atoms with Crippen LogP contribution in [0.5, 0.6) is 0 Å². The summed E-state index contributed by atoms with van der Waals surface area (Å²) in [6.45, 7) is 12.8. The van der Waals surface area contributed by atoms with Crippen molar-refractivity contribution in [3.8, 4) is 0 Å². The number of halogens is 1. The molecule has 1 spiro atoms. The number of piperidine rings is 1. The van der Waals surface area contributed by atoms with Gasteiger partial charge in [-0.3, -0.25) is 4.90 Å². The molecule has 4 aliphatic rings. The van der Waals surface area contributed by atoms with Crippen molar-refractivity contribution in [3.63, 3.8) is 0 Å². The van der Waals surface area contributed by atoms with Crippen molar-refractivity contribution >= 4 is 28.7 Å². The Morgan fingerprint density at radius 3 is 2.51 bits per heavy atom. The maximum absolute atomic E-state index is 12.6. The van der Waals surface area contributed by atoms with Gasteiger partial charge in [0, 0.05) is 37.9 Å². The molecule has 0 radical (unpaired) electrons. The summed E-state index contributed by atoms with van der Waals surface area (Å²) in [6, 6.07) is 1.91. The van der Waals surface area contributed by atoms with Crippen LogP contribution in [0.25, 0.3) is 11.0 Å². The van der Waals surface area contributed by atoms with E-state index in [0.29, 0.717) is 23.9 Å². The van der Waals surface area contributed by atoms with Crippen molar-refractivity contribution in [1.29, 1.82) is 0 Å². The molecular weight excluding hydrogens is 498 g/mol. The van der Waals surface area contributed by atoms with Crippen molar-refractivity contribution in [2.24, 2.45) is 0 Å². The number of carbonyl (C=O) groups excluding carboxylic acids is 1. The van der Waals surface area contributed by atoms with Crippen LogP contribution in [-0.4, -0.2) is 91.8 Å². The Balaban J connectivity index is 1.17. The molecule has 6 heterocycles. The van der Waals surface area contributed by atoms with Crippen molar-refractivity contribution in [3.05, 3.63) is 23.7 Å². The molecule has 0 bridgehead atoms. The highest BCUT2D eigenvalue weighted by atomic mass is 35.5. The minimum Gasteiger partial charge on any atom is -0.444 e. The van der Waals surface area contributed by atoms with Gasteiger partial charge in [0.25, 0.3) is 0 Å². The number of fused-ring (bicyclic) bond motifs is 2. The summed E-state index contributed by atoms with van der Waals surface area (Å²) in [5.41, 5.74) is 0.319. The molecule has 10 nitrogen and oxygen atoms in total. The highest BCUT2D eigenvalue weighted by Crippen LogP contribution is 2.47. The summed E-state index contributed by atoms with van der Waals surface area (Å²) in [5.74, 6) is -0.698. The Hall–Kier alpha value is -1.98. The van der Waals surface area contributed by atoms with E-state index in [1.165, 1.54) is 6.33 Å². The lowest BCUT2D eigenvalue weighted by Gasteiger charge is -2.57. The minimum atomic E-state index is -0.698. The predicted octanol–water partition coefficient (Wildman–Crippen LogP) is 3.98. The molecule has 4 fully saturated rings. The van der Waals surface area contributed by atoms with Crippen LogP contribution in [0.1, 0.15) is 60.1 Å². The number of likely N-dealkylation sites (tertiary alicyclic amines) is 2. The molecule has 6 rings (SSSR count). The Kier molecular flexibility index (Phi) is 6.00. The predicted molar refractivity (Wildman–Crippen MR) is 136 cm³/mol. The molecule has 0 aromatic carbocycles. The lowest BCUT2D eigenvalue weighted by atomic mass is 9.76. The molecule has 4 atom stereocenters. The molecule has 2 aromatic heterocycles. The summed E-state index contributed by atoms with van der Waals surface area (Å²) in [6.07, 6.45) is 5.15. The first-order valence-corrected chi connectivity index (χ1v) is 13.5. The summed E-state index contributed by atoms with van der Waals surface area (Å²) in [5, 5.41) is 1.20. The number of nitrogens with zero attached hydrogens (tertiary/aromatic N) is 5. The topological polar surface area (TPSA) is 91.2 Å². The molecule has 37 heavy (non-hydrogen) atoms. The molecule has 0 saturated carbocycles. The third-order valence-corrected chi connectivity index (χ3v) is 8.43. The fraction of sp³-hybridized carbons (Fsp3) is 0.731. The average Bonchev–Trinajstić information content (AvgIpc) is 3.47. The van der Waals surface area contributed by atoms with Gasteiger partial charge in [0.1, 0.15) is 41.0 Å². The molecular formula is C26H36ClN5O5. The quantitative estimate of drug-likeness (QED) is 0.547. The lowest BCUT2D eigenvalue weighted by Crippen LogP contribution is -2.66. The van der Waals surface area contributed by atoms with E-state index in [4.69, 9.17) is 30.5 Å². The Morgan fingerprint density at radius 2 is 1.84 bits per heavy atom. The van der Waals surface area contributed by atoms with Crippen molar-refractivity contribution < 1.29 is 23.7 Å². The molecule has 11 heteroatoms. The van der Waals surface area contributed by atoms with E-state index in [9.17, 15) is 4.79 Å². The number of rotatable bonds is 3. The van der Waals surface area contributed by atoms with Crippen LogP contribution in [0, 0.1) is 0 Å². The number of hydrogen-bond donors (Lipinski definition) is 0. The maximum Gasteiger partial charge on any atom is 0.410 e. The third kappa shape index (κ3) is 4.50. The second-order valence-electron chi connectivity index (χ2n) is 12.1. The maximum atomic E-state index is 12.6. The number of ether oxygens (including phenoxy) is 4. The number of hydrogen-bond acceptors (Lipinski definition) is 8. The van der Waals surface area contributed by atoms with Gasteiger partial charge in [0.05, 0.1) is 5.39 Å². The SMILES string of the molecule is CC(C)(C)OC(=O)N1CCC2(CC1)CCN2C[C@H]1O[C@@H](n2ccc3c(Cl)ncnc32)[C@@H]2OC(C)(C)O[C@@H]21. The van der Waals surface area contributed by atoms with Crippen molar-refractivity contribution in [2.45, 2.75) is 95.3 Å². The largest absolute Gasteiger partial charge is 0.444 e. The summed E-state index contributed by atoms with van der Waals surface area (Å²) in [4.78, 5) is 25.5. The first-order valence-electron chi connectivity index (χ1n) is 13.2. The van der Waals surface area contributed by atoms with E-state index in [1.54, 1.807) is 0 Å². The van der Waals surface area contributed by atoms with Crippen LogP contribution >= 0.6 is 11.6 Å². The van der Waals surface area contributed by atoms with Crippen LogP contribution < -0.4 is 0 Å². The Morgan fingerprint density at radius 1 is 1.14 bits per heavy atom. The molecule has 0 N–H and O–H groups in total. The molecule has 1 amide bonds. The zero-order chi connectivity index (χ0) is 26.2. The molecule has 0 unspecified atom stereocenters. The zero-order valence-electron chi connectivity index (χ0n) is 22.1. The van der Waals surface area contributed by atoms with Crippen LogP contribution in [0.4, 0.5) is 4.79 Å². The van der Waals surface area contributed by atoms with Crippen LogP contribution in [0.2, 0.25) is 5.15 Å². The van der Waals surface area contributed by atoms with E-state index in [2.05, 4.69) is 14.9 Å². The van der Waals surface area contributed by atoms with E-state index in [-0.39, 0.29) is 36.2 Å². The van der Waals surface area contributed by atoms with E-state index in [0.717, 1.165) is 37.7 Å². The smallest absolute Gasteiger partial charge is 0.410 e. The van der Waals surface area contributed by atoms with Crippen LogP contribution in [0.15, 0.2) is 18.6 Å². The number of carbonyl (C=O) groups is 1. The highest BCUT2D eigenvalue weighted by Gasteiger charge is 2.58. The number of aromatic nitrogens is 3. The Labute approximate surface area is 222 Å². The zero-order valence-corrected chi connectivity index (χ0v) is 22.9. The number of amides is 1. The van der Waals surface area contributed by atoms with Crippen molar-refractivity contribution in [1.82, 2.24) is 24.3 Å². The van der Waals surface area contributed by atoms with Gasteiger partial charge in [-0.25, -0.2) is 14.8 Å². The summed E-state index contributed by atoms with van der Waals surface area (Å²) in [7, 11) is 0. The fourth-order valence-corrected chi connectivity index (χ4v) is 6.45. The van der Waals surface area contributed by atoms with Gasteiger partial charge >= 0.3 is 6.09 Å². The second-order valence-corrected chi connectivity index (χ2v) is 12.5. The monoisotopic (exact) mass is 533 g/mol. The third-order valence-electron chi connectivity index (χ3n) is 8.12. The molecule has 0 aliphatic carbocycles. The Bertz CT molecular complexity index is 1190. The molecule has 202 valence electrons. The van der Waals surface area contributed by atoms with Gasteiger partial charge in [-0.1, -0.05) is 11.6 Å². The average molecular weight is 534 g/mol. The molecule has 4 saturated heterocycles. The van der Waals surface area contributed by atoms with Crippen molar-refractivity contribution in [2.75, 3.05) is 26.2 Å². The van der Waals surface area contributed by atoms with Gasteiger partial charge < -0.3 is 28.4 Å². The fourth-order valence-electron chi connectivity index (χ4n) is 6.26. The second kappa shape index (κ2) is 8.77. The summed E-state index contributed by atoms with van der Waals surface area (Å²) >= 11 is 6.30. The normalized spacial score (nSPS) is 31.0. The van der Waals surface area contributed by atoms with E-state index in [1.807, 2.05) is 56.3 Å². The summed E-state index contributed by atoms with van der Waals surface area (Å²) < 4.78 is 26.9. The van der Waals surface area contributed by atoms with E-state index >= 15 is 0 Å². The van der Waals surface area contributed by atoms with Gasteiger partial charge in [0.15, 0.2) is 12.0 Å². The lowest BCUT2D eigenvalue weighted by molar-refractivity contribution is -0.202. The first kappa shape index (κ1) is 25.3. The van der Waals surface area contributed by atoms with Crippen LogP contribution in [-0.2, 0) is 18.9 Å². The minimum absolute atomic E-state index is 0.0886. The first-order chi connectivity index (χ1) is 17.4. The highest BCUT2D eigenvalue weighted by molar-refractivity contribution is 6.33. The van der Waals surface area contributed by atoms with Gasteiger partial charge in [-0.05, 0) is 59.9 Å². The van der Waals surface area contributed by atoms with Gasteiger partial charge in [-0.15, -0.1) is 0 Å². The van der Waals surface area contributed by atoms with Gasteiger partial charge in [0.2, 0.25) is 0 Å². The molecule has 4 aliphatic heterocycles. The van der Waals surface area contributed by atoms with Crippen LogP contribution in [0.3, 0.4) is 0 Å². The molecule has 2 aromatic rings.